The zero-order valence-electron chi connectivity index (χ0n) is 9.58. The summed E-state index contributed by atoms with van der Waals surface area (Å²) in [4.78, 5) is 0.125. The largest absolute Gasteiger partial charge is 0.409 e. The van der Waals surface area contributed by atoms with Crippen molar-refractivity contribution in [2.45, 2.75) is 18.2 Å². The van der Waals surface area contributed by atoms with Crippen molar-refractivity contribution in [3.63, 3.8) is 0 Å². The summed E-state index contributed by atoms with van der Waals surface area (Å²) in [5.41, 5.74) is 5.75. The van der Waals surface area contributed by atoms with E-state index >= 15 is 0 Å². The molecule has 0 saturated heterocycles. The van der Waals surface area contributed by atoms with Gasteiger partial charge in [0.2, 0.25) is 10.0 Å². The van der Waals surface area contributed by atoms with E-state index in [1.807, 2.05) is 0 Å². The minimum absolute atomic E-state index is 0.0176. The van der Waals surface area contributed by atoms with Crippen molar-refractivity contribution in [2.75, 3.05) is 13.6 Å². The molecule has 0 fully saturated rings. The molecule has 0 aliphatic rings. The lowest BCUT2D eigenvalue weighted by atomic mass is 10.4. The number of hydrogen-bond donors (Lipinski definition) is 3. The first-order chi connectivity index (χ1) is 7.89. The molecule has 1 aromatic rings. The van der Waals surface area contributed by atoms with E-state index in [1.165, 1.54) is 13.2 Å². The van der Waals surface area contributed by atoms with Crippen LogP contribution in [0.5, 0.6) is 0 Å². The Labute approximate surface area is 99.2 Å². The molecule has 0 bridgehead atoms. The first kappa shape index (κ1) is 13.5. The Hall–Kier alpha value is -1.61. The highest BCUT2D eigenvalue weighted by atomic mass is 32.2. The van der Waals surface area contributed by atoms with Crippen LogP contribution in [0.3, 0.4) is 0 Å². The second kappa shape index (κ2) is 5.15. The van der Waals surface area contributed by atoms with Crippen LogP contribution in [0.15, 0.2) is 16.2 Å². The summed E-state index contributed by atoms with van der Waals surface area (Å²) in [5.74, 6) is -0.0176. The van der Waals surface area contributed by atoms with E-state index in [0.29, 0.717) is 5.69 Å². The Morgan fingerprint density at radius 1 is 1.71 bits per heavy atom. The lowest BCUT2D eigenvalue weighted by molar-refractivity contribution is 0.316. The molecule has 4 N–H and O–H groups in total. The maximum Gasteiger partial charge on any atom is 0.246 e. The molecular weight excluding hydrogens is 246 g/mol. The summed E-state index contributed by atoms with van der Waals surface area (Å²) in [7, 11) is -2.16. The topological polar surface area (TPSA) is 125 Å². The zero-order valence-corrected chi connectivity index (χ0v) is 10.4. The molecule has 1 aromatic heterocycles. The second-order valence-electron chi connectivity index (χ2n) is 3.53. The molecule has 0 aromatic carbocycles. The standard InChI is InChI=1S/C8H15N5O3S/c1-6-7(5-10-11-6)17(15,16)13(2)4-3-8(9)12-14/h5,14H,3-4H2,1-2H3,(H2,9,12)(H,10,11). The van der Waals surface area contributed by atoms with Crippen molar-refractivity contribution in [2.24, 2.45) is 10.9 Å². The molecule has 0 aliphatic heterocycles. The predicted octanol–water partition coefficient (Wildman–Crippen LogP) is -0.525. The van der Waals surface area contributed by atoms with Crippen LogP contribution in [0.2, 0.25) is 0 Å². The predicted molar refractivity (Wildman–Crippen MR) is 61.2 cm³/mol. The summed E-state index contributed by atoms with van der Waals surface area (Å²) >= 11 is 0. The Bertz CT molecular complexity index is 507. The van der Waals surface area contributed by atoms with Gasteiger partial charge in [-0.15, -0.1) is 0 Å². The molecule has 96 valence electrons. The van der Waals surface area contributed by atoms with Gasteiger partial charge in [-0.25, -0.2) is 12.7 Å². The normalized spacial score (nSPS) is 13.2. The van der Waals surface area contributed by atoms with E-state index < -0.39 is 10.0 Å². The van der Waals surface area contributed by atoms with Gasteiger partial charge in [0.25, 0.3) is 0 Å². The SMILES string of the molecule is Cc1[nH]ncc1S(=O)(=O)N(C)CC/C(N)=N/O. The van der Waals surface area contributed by atoms with Crippen LogP contribution in [0.4, 0.5) is 0 Å². The van der Waals surface area contributed by atoms with Crippen molar-refractivity contribution < 1.29 is 13.6 Å². The third-order valence-electron chi connectivity index (χ3n) is 2.28. The maximum atomic E-state index is 12.0. The van der Waals surface area contributed by atoms with Gasteiger partial charge in [-0.1, -0.05) is 5.16 Å². The molecule has 1 heterocycles. The van der Waals surface area contributed by atoms with Crippen LogP contribution in [-0.4, -0.2) is 47.6 Å². The number of nitrogens with one attached hydrogen (secondary N) is 1. The highest BCUT2D eigenvalue weighted by Gasteiger charge is 2.23. The molecule has 9 heteroatoms. The van der Waals surface area contributed by atoms with Gasteiger partial charge in [0.15, 0.2) is 0 Å². The van der Waals surface area contributed by atoms with Crippen LogP contribution < -0.4 is 5.73 Å². The summed E-state index contributed by atoms with van der Waals surface area (Å²) in [6, 6.07) is 0. The number of rotatable bonds is 5. The molecule has 0 radical (unpaired) electrons. The Morgan fingerprint density at radius 3 is 2.82 bits per heavy atom. The van der Waals surface area contributed by atoms with Crippen molar-refractivity contribution in [3.8, 4) is 0 Å². The number of H-pyrrole nitrogens is 1. The lowest BCUT2D eigenvalue weighted by Gasteiger charge is -2.15. The van der Waals surface area contributed by atoms with Crippen molar-refractivity contribution in [1.82, 2.24) is 14.5 Å². The third kappa shape index (κ3) is 2.94. The first-order valence-electron chi connectivity index (χ1n) is 4.82. The number of aryl methyl sites for hydroxylation is 1. The van der Waals surface area contributed by atoms with Crippen molar-refractivity contribution in [3.05, 3.63) is 11.9 Å². The number of sulfonamides is 1. The van der Waals surface area contributed by atoms with Gasteiger partial charge in [-0.3, -0.25) is 5.10 Å². The Balaban J connectivity index is 2.82. The van der Waals surface area contributed by atoms with E-state index in [2.05, 4.69) is 15.4 Å². The molecule has 0 unspecified atom stereocenters. The summed E-state index contributed by atoms with van der Waals surface area (Å²) < 4.78 is 25.2. The minimum Gasteiger partial charge on any atom is -0.409 e. The van der Waals surface area contributed by atoms with E-state index in [9.17, 15) is 8.42 Å². The molecule has 0 amide bonds. The number of hydrogen-bond acceptors (Lipinski definition) is 5. The summed E-state index contributed by atoms with van der Waals surface area (Å²) in [6.45, 7) is 1.75. The second-order valence-corrected chi connectivity index (χ2v) is 5.54. The average Bonchev–Trinajstić information content (AvgIpc) is 2.72. The van der Waals surface area contributed by atoms with Crippen LogP contribution in [0, 0.1) is 6.92 Å². The molecule has 0 saturated carbocycles. The average molecular weight is 261 g/mol. The van der Waals surface area contributed by atoms with Crippen LogP contribution in [0.25, 0.3) is 0 Å². The van der Waals surface area contributed by atoms with Gasteiger partial charge in [0.1, 0.15) is 10.7 Å². The first-order valence-corrected chi connectivity index (χ1v) is 6.26. The van der Waals surface area contributed by atoms with Crippen LogP contribution in [0.1, 0.15) is 12.1 Å². The fourth-order valence-electron chi connectivity index (χ4n) is 1.21. The monoisotopic (exact) mass is 261 g/mol. The van der Waals surface area contributed by atoms with E-state index in [1.54, 1.807) is 6.92 Å². The van der Waals surface area contributed by atoms with E-state index in [-0.39, 0.29) is 23.7 Å². The zero-order chi connectivity index (χ0) is 13.1. The van der Waals surface area contributed by atoms with Gasteiger partial charge >= 0.3 is 0 Å². The molecule has 0 atom stereocenters. The number of oxime groups is 1. The third-order valence-corrected chi connectivity index (χ3v) is 4.25. The molecular formula is C8H15N5O3S. The molecule has 8 nitrogen and oxygen atoms in total. The number of amidine groups is 1. The molecule has 0 spiro atoms. The molecule has 0 aliphatic carbocycles. The van der Waals surface area contributed by atoms with E-state index in [4.69, 9.17) is 10.9 Å². The van der Waals surface area contributed by atoms with Crippen LogP contribution >= 0.6 is 0 Å². The number of nitrogens with two attached hydrogens (primary N) is 1. The van der Waals surface area contributed by atoms with Gasteiger partial charge < -0.3 is 10.9 Å². The molecule has 1 rings (SSSR count). The fourth-order valence-corrected chi connectivity index (χ4v) is 2.50. The Kier molecular flexibility index (Phi) is 4.07. The number of aromatic amines is 1. The number of nitrogens with zero attached hydrogens (tertiary/aromatic N) is 3. The smallest absolute Gasteiger partial charge is 0.246 e. The van der Waals surface area contributed by atoms with Crippen molar-refractivity contribution >= 4 is 15.9 Å². The highest BCUT2D eigenvalue weighted by Crippen LogP contribution is 2.16. The molecule has 17 heavy (non-hydrogen) atoms. The summed E-state index contributed by atoms with van der Waals surface area (Å²) in [5, 5.41) is 17.4. The van der Waals surface area contributed by atoms with Gasteiger partial charge in [0, 0.05) is 20.0 Å². The lowest BCUT2D eigenvalue weighted by Crippen LogP contribution is -2.30. The van der Waals surface area contributed by atoms with E-state index in [0.717, 1.165) is 4.31 Å². The van der Waals surface area contributed by atoms with Crippen LogP contribution in [-0.2, 0) is 10.0 Å². The quantitative estimate of drug-likeness (QED) is 0.284. The minimum atomic E-state index is -3.58. The highest BCUT2D eigenvalue weighted by molar-refractivity contribution is 7.89. The maximum absolute atomic E-state index is 12.0. The van der Waals surface area contributed by atoms with Gasteiger partial charge in [-0.05, 0) is 6.92 Å². The van der Waals surface area contributed by atoms with Gasteiger partial charge in [-0.2, -0.15) is 5.10 Å². The van der Waals surface area contributed by atoms with Crippen molar-refractivity contribution in [1.29, 1.82) is 0 Å². The Morgan fingerprint density at radius 2 is 2.35 bits per heavy atom. The number of aromatic nitrogens is 2. The summed E-state index contributed by atoms with van der Waals surface area (Å²) in [6.07, 6.45) is 1.41. The van der Waals surface area contributed by atoms with Gasteiger partial charge in [0.05, 0.1) is 11.9 Å². The fraction of sp³-hybridized carbons (Fsp3) is 0.500.